The van der Waals surface area contributed by atoms with Crippen LogP contribution in [0.1, 0.15) is 64.2 Å². The normalized spacial score (nSPS) is 12.0. The van der Waals surface area contributed by atoms with Crippen LogP contribution in [0.3, 0.4) is 0 Å². The fourth-order valence-corrected chi connectivity index (χ4v) is 5.78. The highest BCUT2D eigenvalue weighted by molar-refractivity contribution is 8.24. The third-order valence-electron chi connectivity index (χ3n) is 5.14. The second kappa shape index (κ2) is 15.4. The average Bonchev–Trinajstić information content (AvgIpc) is 3.28. The summed E-state index contributed by atoms with van der Waals surface area (Å²) in [5, 5.41) is 19.9. The fourth-order valence-electron chi connectivity index (χ4n) is 3.30. The molecule has 1 aromatic carbocycles. The van der Waals surface area contributed by atoms with E-state index < -0.39 is 5.97 Å². The number of hydrogen-bond donors (Lipinski definition) is 2. The number of benzene rings is 1. The van der Waals surface area contributed by atoms with Crippen molar-refractivity contribution < 1.29 is 29.3 Å². The van der Waals surface area contributed by atoms with Crippen molar-refractivity contribution in [3.05, 3.63) is 46.1 Å². The number of thioether (sulfide) groups is 2. The van der Waals surface area contributed by atoms with Crippen LogP contribution < -0.4 is 0 Å². The Kier molecular flexibility index (Phi) is 12.5. The van der Waals surface area contributed by atoms with Crippen LogP contribution in [0.15, 0.2) is 44.5 Å². The quantitative estimate of drug-likeness (QED) is 0.0909. The van der Waals surface area contributed by atoms with Crippen molar-refractivity contribution in [2.45, 2.75) is 74.0 Å². The number of rotatable bonds is 15. The Morgan fingerprint density at radius 1 is 0.853 bits per heavy atom. The van der Waals surface area contributed by atoms with Crippen molar-refractivity contribution in [2.75, 3.05) is 13.2 Å². The molecule has 1 heterocycles. The lowest BCUT2D eigenvalue weighted by molar-refractivity contribution is -0.139. The van der Waals surface area contributed by atoms with Gasteiger partial charge in [0, 0.05) is 6.08 Å². The molecular weight excluding hydrogens is 474 g/mol. The van der Waals surface area contributed by atoms with Crippen LogP contribution in [-0.2, 0) is 19.1 Å². The Bertz CT molecular complexity index is 905. The lowest BCUT2D eigenvalue weighted by Gasteiger charge is -2.06. The van der Waals surface area contributed by atoms with E-state index in [9.17, 15) is 19.8 Å². The van der Waals surface area contributed by atoms with Gasteiger partial charge in [-0.3, -0.25) is 4.79 Å². The maximum atomic E-state index is 12.4. The first kappa shape index (κ1) is 27.7. The molecule has 0 aromatic heterocycles. The van der Waals surface area contributed by atoms with Gasteiger partial charge in [0.1, 0.15) is 11.5 Å². The zero-order chi connectivity index (χ0) is 24.8. The zero-order valence-corrected chi connectivity index (χ0v) is 20.8. The van der Waals surface area contributed by atoms with Crippen LogP contribution in [0, 0.1) is 6.57 Å². The molecule has 1 aromatic rings. The first-order chi connectivity index (χ1) is 16.5. The van der Waals surface area contributed by atoms with E-state index in [0.717, 1.165) is 68.5 Å². The first-order valence-corrected chi connectivity index (χ1v) is 13.1. The van der Waals surface area contributed by atoms with Gasteiger partial charge in [0.15, 0.2) is 0 Å². The topological polar surface area (TPSA) is 97.4 Å². The minimum atomic E-state index is -0.670. The summed E-state index contributed by atoms with van der Waals surface area (Å²) in [4.78, 5) is 27.5. The molecule has 0 amide bonds. The highest BCUT2D eigenvalue weighted by Crippen LogP contribution is 2.58. The number of carbonyl (C=O) groups is 2. The highest BCUT2D eigenvalue weighted by Gasteiger charge is 2.29. The third-order valence-corrected chi connectivity index (χ3v) is 7.76. The van der Waals surface area contributed by atoms with Crippen LogP contribution in [0.4, 0.5) is 0 Å². The number of phenolic OH excluding ortho intramolecular Hbond substituents is 2. The molecule has 2 N–H and O–H groups in total. The van der Waals surface area contributed by atoms with Gasteiger partial charge in [-0.1, -0.05) is 81.5 Å². The van der Waals surface area contributed by atoms with Gasteiger partial charge < -0.3 is 19.7 Å². The maximum Gasteiger partial charge on any atom is 0.338 e. The molecule has 34 heavy (non-hydrogen) atoms. The van der Waals surface area contributed by atoms with Crippen molar-refractivity contribution >= 4 is 35.5 Å². The summed E-state index contributed by atoms with van der Waals surface area (Å²) in [6, 6.07) is 2.76. The molecule has 7 nitrogen and oxygen atoms in total. The van der Waals surface area contributed by atoms with Crippen LogP contribution in [0.2, 0.25) is 0 Å². The van der Waals surface area contributed by atoms with Gasteiger partial charge >= 0.3 is 11.9 Å². The number of unbranched alkanes of at least 4 members (excludes halogenated alkanes) is 9. The maximum absolute atomic E-state index is 12.4. The number of hydrogen-bond acceptors (Lipinski definition) is 8. The van der Waals surface area contributed by atoms with E-state index in [1.807, 2.05) is 0 Å². The minimum Gasteiger partial charge on any atom is -0.507 e. The monoisotopic (exact) mass is 505 g/mol. The molecule has 0 spiro atoms. The number of esters is 2. The van der Waals surface area contributed by atoms with E-state index in [1.165, 1.54) is 37.5 Å². The summed E-state index contributed by atoms with van der Waals surface area (Å²) in [5.74, 6) is -1.02. The third kappa shape index (κ3) is 8.99. The molecular formula is C25H31NO6S2. The molecule has 184 valence electrons. The van der Waals surface area contributed by atoms with Crippen molar-refractivity contribution in [3.8, 4) is 11.5 Å². The van der Waals surface area contributed by atoms with Crippen LogP contribution in [0.5, 0.6) is 11.5 Å². The summed E-state index contributed by atoms with van der Waals surface area (Å²) < 4.78 is 10.6. The molecule has 0 bridgehead atoms. The Balaban J connectivity index is 1.53. The Morgan fingerprint density at radius 3 is 1.74 bits per heavy atom. The number of carbonyl (C=O) groups excluding carboxylic acids is 2. The van der Waals surface area contributed by atoms with Crippen LogP contribution >= 0.6 is 23.5 Å². The first-order valence-electron chi connectivity index (χ1n) is 11.5. The minimum absolute atomic E-state index is 0.00420. The van der Waals surface area contributed by atoms with Gasteiger partial charge in [-0.15, -0.1) is 0 Å². The van der Waals surface area contributed by atoms with Crippen LogP contribution in [-0.4, -0.2) is 35.4 Å². The second-order valence-electron chi connectivity index (χ2n) is 7.76. The Hall–Kier alpha value is -2.57. The van der Waals surface area contributed by atoms with E-state index in [1.54, 1.807) is 0 Å². The van der Waals surface area contributed by atoms with Gasteiger partial charge in [0.2, 0.25) is 0 Å². The molecule has 2 rings (SSSR count). The van der Waals surface area contributed by atoms with E-state index in [0.29, 0.717) is 20.6 Å². The lowest BCUT2D eigenvalue weighted by Crippen LogP contribution is -2.07. The summed E-state index contributed by atoms with van der Waals surface area (Å²) in [7, 11) is 0. The number of fused-ring (bicyclic) bond motifs is 1. The fraction of sp³-hybridized carbons (Fsp3) is 0.480. The van der Waals surface area contributed by atoms with Crippen molar-refractivity contribution in [2.24, 2.45) is 0 Å². The number of aromatic hydroxyl groups is 2. The molecule has 0 aliphatic carbocycles. The van der Waals surface area contributed by atoms with Gasteiger partial charge in [0.25, 0.3) is 5.70 Å². The predicted molar refractivity (Wildman–Crippen MR) is 133 cm³/mol. The number of phenols is 2. The summed E-state index contributed by atoms with van der Waals surface area (Å²) >= 11 is 2.19. The Morgan fingerprint density at radius 2 is 1.29 bits per heavy atom. The number of ether oxygens (including phenoxy) is 2. The molecule has 0 unspecified atom stereocenters. The van der Waals surface area contributed by atoms with E-state index >= 15 is 0 Å². The summed E-state index contributed by atoms with van der Waals surface area (Å²) in [6.07, 6.45) is 11.7. The Labute approximate surface area is 209 Å². The number of nitrogens with zero attached hydrogens (tertiary/aromatic N) is 1. The van der Waals surface area contributed by atoms with Gasteiger partial charge in [-0.2, -0.15) is 0 Å². The largest absolute Gasteiger partial charge is 0.507 e. The molecule has 0 saturated heterocycles. The smallest absolute Gasteiger partial charge is 0.338 e. The molecule has 0 saturated carbocycles. The van der Waals surface area contributed by atoms with Crippen molar-refractivity contribution in [3.63, 3.8) is 0 Å². The standard InChI is InChI=1S/C25H31NO6S2/c1-3-20(29)31-16-12-10-8-6-4-5-7-9-11-13-17-32-24(30)21(26-2)25-33-22-18(27)14-15-19(28)23(22)34-25/h3,14-15,27-28H,1,4-13,16-17H2. The predicted octanol–water partition coefficient (Wildman–Crippen LogP) is 6.56. The molecule has 1 aliphatic heterocycles. The van der Waals surface area contributed by atoms with Gasteiger partial charge in [-0.25, -0.2) is 9.64 Å². The SMILES string of the molecule is [C-]#[N+]C(C(=O)OCCCCCCCCCCCCOC(=O)C=C)=C1Sc2c(O)ccc(O)c2S1. The molecule has 1 aliphatic rings. The molecule has 0 radical (unpaired) electrons. The van der Waals surface area contributed by atoms with E-state index in [-0.39, 0.29) is 29.8 Å². The highest BCUT2D eigenvalue weighted by atomic mass is 32.2. The summed E-state index contributed by atoms with van der Waals surface area (Å²) in [6.45, 7) is 11.4. The van der Waals surface area contributed by atoms with E-state index in [4.69, 9.17) is 16.0 Å². The van der Waals surface area contributed by atoms with Crippen molar-refractivity contribution in [1.29, 1.82) is 0 Å². The van der Waals surface area contributed by atoms with Crippen molar-refractivity contribution in [1.82, 2.24) is 0 Å². The zero-order valence-electron chi connectivity index (χ0n) is 19.2. The molecule has 0 atom stereocenters. The van der Waals surface area contributed by atoms with Gasteiger partial charge in [-0.05, 0) is 25.0 Å². The molecule has 9 heteroatoms. The average molecular weight is 506 g/mol. The lowest BCUT2D eigenvalue weighted by atomic mass is 10.1. The van der Waals surface area contributed by atoms with Crippen LogP contribution in [0.25, 0.3) is 4.85 Å². The second-order valence-corrected chi connectivity index (χ2v) is 10.1. The molecule has 0 fully saturated rings. The van der Waals surface area contributed by atoms with Gasteiger partial charge in [0.05, 0.1) is 33.8 Å². The van der Waals surface area contributed by atoms with E-state index in [2.05, 4.69) is 11.4 Å². The summed E-state index contributed by atoms with van der Waals surface area (Å²) in [5.41, 5.74) is -0.121.